The third-order valence-electron chi connectivity index (χ3n) is 2.35. The van der Waals surface area contributed by atoms with Gasteiger partial charge in [0.2, 0.25) is 0 Å². The summed E-state index contributed by atoms with van der Waals surface area (Å²) in [6.45, 7) is 0.478. The first-order valence-corrected chi connectivity index (χ1v) is 4.96. The van der Waals surface area contributed by atoms with Crippen molar-refractivity contribution in [1.82, 2.24) is 14.8 Å². The van der Waals surface area contributed by atoms with Crippen molar-refractivity contribution in [2.45, 2.75) is 6.54 Å². The third-order valence-corrected chi connectivity index (χ3v) is 2.35. The van der Waals surface area contributed by atoms with Gasteiger partial charge in [-0.05, 0) is 6.07 Å². The van der Waals surface area contributed by atoms with Gasteiger partial charge >= 0.3 is 0 Å². The van der Waals surface area contributed by atoms with Crippen molar-refractivity contribution in [2.24, 2.45) is 7.05 Å². The van der Waals surface area contributed by atoms with Crippen LogP contribution in [0.1, 0.15) is 5.56 Å². The van der Waals surface area contributed by atoms with Crippen molar-refractivity contribution in [2.75, 3.05) is 11.9 Å². The lowest BCUT2D eigenvalue weighted by atomic mass is 10.2. The minimum Gasteiger partial charge on any atom is -0.354 e. The monoisotopic (exact) mass is 220 g/mol. The highest BCUT2D eigenvalue weighted by Crippen LogP contribution is 2.13. The molecular weight excluding hydrogens is 207 g/mol. The summed E-state index contributed by atoms with van der Waals surface area (Å²) in [4.78, 5) is 5.60. The number of halogens is 1. The topological polar surface area (TPSA) is 34.0 Å². The molecule has 0 atom stereocenters. The summed E-state index contributed by atoms with van der Waals surface area (Å²) >= 11 is 0. The zero-order valence-corrected chi connectivity index (χ0v) is 9.26. The minimum absolute atomic E-state index is 0.287. The van der Waals surface area contributed by atoms with Gasteiger partial charge in [0.15, 0.2) is 5.82 Å². The maximum absolute atomic E-state index is 13.4. The SMILES string of the molecule is CN(Cc1ccncc1F)c1ccn(C)n1. The largest absolute Gasteiger partial charge is 0.354 e. The fraction of sp³-hybridized carbons (Fsp3) is 0.273. The molecule has 0 aromatic carbocycles. The Balaban J connectivity index is 2.13. The molecule has 2 aromatic rings. The van der Waals surface area contributed by atoms with Gasteiger partial charge in [-0.25, -0.2) is 4.39 Å². The van der Waals surface area contributed by atoms with E-state index >= 15 is 0 Å². The molecule has 2 rings (SSSR count). The Kier molecular flexibility index (Phi) is 2.85. The van der Waals surface area contributed by atoms with Crippen LogP contribution in [0.15, 0.2) is 30.7 Å². The van der Waals surface area contributed by atoms with Crippen LogP contribution in [0.3, 0.4) is 0 Å². The number of anilines is 1. The van der Waals surface area contributed by atoms with Gasteiger partial charge in [0.05, 0.1) is 6.20 Å². The summed E-state index contributed by atoms with van der Waals surface area (Å²) in [5.74, 6) is 0.531. The van der Waals surface area contributed by atoms with Crippen molar-refractivity contribution >= 4 is 5.82 Å². The Bertz CT molecular complexity index is 480. The Morgan fingerprint density at radius 2 is 2.25 bits per heavy atom. The van der Waals surface area contributed by atoms with Crippen molar-refractivity contribution in [3.63, 3.8) is 0 Å². The predicted octanol–water partition coefficient (Wildman–Crippen LogP) is 1.59. The normalized spacial score (nSPS) is 10.4. The van der Waals surface area contributed by atoms with Crippen LogP contribution in [0.25, 0.3) is 0 Å². The number of nitrogens with zero attached hydrogens (tertiary/aromatic N) is 4. The molecule has 0 saturated heterocycles. The van der Waals surface area contributed by atoms with E-state index in [4.69, 9.17) is 0 Å². The molecule has 0 saturated carbocycles. The lowest BCUT2D eigenvalue weighted by Gasteiger charge is -2.16. The Hall–Kier alpha value is -1.91. The molecule has 84 valence electrons. The molecular formula is C11H13FN4. The molecule has 0 unspecified atom stereocenters. The van der Waals surface area contributed by atoms with Crippen LogP contribution in [-0.4, -0.2) is 21.8 Å². The molecule has 4 nitrogen and oxygen atoms in total. The van der Waals surface area contributed by atoms with E-state index < -0.39 is 0 Å². The summed E-state index contributed by atoms with van der Waals surface area (Å²) in [7, 11) is 3.73. The first kappa shape index (κ1) is 10.6. The zero-order chi connectivity index (χ0) is 11.5. The number of aryl methyl sites for hydroxylation is 1. The quantitative estimate of drug-likeness (QED) is 0.787. The van der Waals surface area contributed by atoms with Gasteiger partial charge in [-0.3, -0.25) is 9.67 Å². The molecule has 0 aliphatic rings. The average Bonchev–Trinajstić information content (AvgIpc) is 2.68. The molecule has 0 fully saturated rings. The zero-order valence-electron chi connectivity index (χ0n) is 9.26. The van der Waals surface area contributed by atoms with Crippen LogP contribution in [-0.2, 0) is 13.6 Å². The van der Waals surface area contributed by atoms with Gasteiger partial charge in [-0.1, -0.05) is 0 Å². The predicted molar refractivity (Wildman–Crippen MR) is 59.5 cm³/mol. The molecule has 2 heterocycles. The number of pyridine rings is 1. The maximum Gasteiger partial charge on any atom is 0.150 e. The molecule has 0 aliphatic carbocycles. The lowest BCUT2D eigenvalue weighted by molar-refractivity contribution is 0.600. The average molecular weight is 220 g/mol. The van der Waals surface area contributed by atoms with E-state index in [1.165, 1.54) is 6.20 Å². The van der Waals surface area contributed by atoms with Crippen molar-refractivity contribution in [1.29, 1.82) is 0 Å². The number of hydrogen-bond donors (Lipinski definition) is 0. The number of aromatic nitrogens is 3. The highest BCUT2D eigenvalue weighted by molar-refractivity contribution is 5.37. The highest BCUT2D eigenvalue weighted by atomic mass is 19.1. The maximum atomic E-state index is 13.4. The van der Waals surface area contributed by atoms with Gasteiger partial charge in [0, 0.05) is 44.7 Å². The van der Waals surface area contributed by atoms with Crippen LogP contribution in [0.2, 0.25) is 0 Å². The molecule has 16 heavy (non-hydrogen) atoms. The van der Waals surface area contributed by atoms with Gasteiger partial charge in [0.25, 0.3) is 0 Å². The van der Waals surface area contributed by atoms with Gasteiger partial charge in [-0.2, -0.15) is 5.10 Å². The summed E-state index contributed by atoms with van der Waals surface area (Å²) in [5.41, 5.74) is 0.614. The molecule has 0 spiro atoms. The molecule has 0 aliphatic heterocycles. The standard InChI is InChI=1S/C11H13FN4/c1-15(11-4-6-16(2)14-11)8-9-3-5-13-7-10(9)12/h3-7H,8H2,1-2H3. The molecule has 0 radical (unpaired) electrons. The van der Waals surface area contributed by atoms with Crippen molar-refractivity contribution in [3.8, 4) is 0 Å². The van der Waals surface area contributed by atoms with E-state index in [9.17, 15) is 4.39 Å². The van der Waals surface area contributed by atoms with Crippen LogP contribution in [0.5, 0.6) is 0 Å². The highest BCUT2D eigenvalue weighted by Gasteiger charge is 2.07. The molecule has 5 heteroatoms. The second-order valence-corrected chi connectivity index (χ2v) is 3.67. The summed E-state index contributed by atoms with van der Waals surface area (Å²) in [5, 5.41) is 4.24. The second kappa shape index (κ2) is 4.30. The van der Waals surface area contributed by atoms with Gasteiger partial charge in [-0.15, -0.1) is 0 Å². The van der Waals surface area contributed by atoms with Crippen LogP contribution >= 0.6 is 0 Å². The van der Waals surface area contributed by atoms with Crippen LogP contribution in [0.4, 0.5) is 10.2 Å². The fourth-order valence-corrected chi connectivity index (χ4v) is 1.48. The Labute approximate surface area is 93.3 Å². The van der Waals surface area contributed by atoms with E-state index in [1.807, 2.05) is 31.3 Å². The van der Waals surface area contributed by atoms with Crippen LogP contribution in [0, 0.1) is 5.82 Å². The molecule has 2 aromatic heterocycles. The molecule has 0 amide bonds. The minimum atomic E-state index is -0.287. The van der Waals surface area contributed by atoms with E-state index in [0.29, 0.717) is 12.1 Å². The summed E-state index contributed by atoms with van der Waals surface area (Å²) in [6.07, 6.45) is 4.67. The Morgan fingerprint density at radius 1 is 1.44 bits per heavy atom. The first-order chi connectivity index (χ1) is 7.66. The van der Waals surface area contributed by atoms with Crippen molar-refractivity contribution < 1.29 is 4.39 Å². The molecule has 0 N–H and O–H groups in total. The smallest absolute Gasteiger partial charge is 0.150 e. The number of hydrogen-bond acceptors (Lipinski definition) is 3. The summed E-state index contributed by atoms with van der Waals surface area (Å²) < 4.78 is 15.1. The van der Waals surface area contributed by atoms with Gasteiger partial charge < -0.3 is 4.90 Å². The van der Waals surface area contributed by atoms with E-state index in [2.05, 4.69) is 10.1 Å². The van der Waals surface area contributed by atoms with Crippen LogP contribution < -0.4 is 4.90 Å². The number of rotatable bonds is 3. The Morgan fingerprint density at radius 3 is 2.88 bits per heavy atom. The summed E-state index contributed by atoms with van der Waals surface area (Å²) in [6, 6.07) is 3.56. The van der Waals surface area contributed by atoms with Crippen molar-refractivity contribution in [3.05, 3.63) is 42.1 Å². The molecule has 0 bridgehead atoms. The second-order valence-electron chi connectivity index (χ2n) is 3.67. The lowest BCUT2D eigenvalue weighted by Crippen LogP contribution is -2.18. The van der Waals surface area contributed by atoms with E-state index in [1.54, 1.807) is 16.9 Å². The van der Waals surface area contributed by atoms with E-state index in [-0.39, 0.29) is 5.82 Å². The fourth-order valence-electron chi connectivity index (χ4n) is 1.48. The first-order valence-electron chi connectivity index (χ1n) is 4.96. The van der Waals surface area contributed by atoms with E-state index in [0.717, 1.165) is 5.82 Å². The van der Waals surface area contributed by atoms with Gasteiger partial charge in [0.1, 0.15) is 5.82 Å². The third kappa shape index (κ3) is 2.18.